The summed E-state index contributed by atoms with van der Waals surface area (Å²) in [6.07, 6.45) is 2.50. The molecule has 1 heterocycles. The van der Waals surface area contributed by atoms with Crippen molar-refractivity contribution in [3.63, 3.8) is 0 Å². The lowest BCUT2D eigenvalue weighted by Gasteiger charge is -2.31. The molecular weight excluding hydrogens is 366 g/mol. The maximum absolute atomic E-state index is 12.7. The summed E-state index contributed by atoms with van der Waals surface area (Å²) in [5, 5.41) is 16.3. The zero-order valence-electron chi connectivity index (χ0n) is 14.9. The van der Waals surface area contributed by atoms with Crippen LogP contribution in [0.1, 0.15) is 36.0 Å². The Balaban J connectivity index is 1.90. The normalized spacial score (nSPS) is 19.3. The van der Waals surface area contributed by atoms with Gasteiger partial charge in [0.2, 0.25) is 5.91 Å². The average Bonchev–Trinajstić information content (AvgIpc) is 3.11. The van der Waals surface area contributed by atoms with E-state index in [1.165, 1.54) is 18.4 Å². The first-order valence-corrected chi connectivity index (χ1v) is 9.67. The molecule has 3 rings (SSSR count). The van der Waals surface area contributed by atoms with E-state index in [-0.39, 0.29) is 5.56 Å². The maximum Gasteiger partial charge on any atom is 0.341 e. The molecule has 1 aliphatic carbocycles. The molecule has 0 saturated heterocycles. The molecular formula is C20H20NO5S-. The fourth-order valence-electron chi connectivity index (χ4n) is 3.52. The highest BCUT2D eigenvalue weighted by Gasteiger charge is 2.33. The monoisotopic (exact) mass is 386 g/mol. The second kappa shape index (κ2) is 8.35. The summed E-state index contributed by atoms with van der Waals surface area (Å²) in [4.78, 5) is 36.5. The Morgan fingerprint density at radius 2 is 1.78 bits per heavy atom. The number of benzene rings is 1. The number of amides is 1. The van der Waals surface area contributed by atoms with Crippen LogP contribution in [-0.2, 0) is 14.3 Å². The van der Waals surface area contributed by atoms with E-state index in [4.69, 9.17) is 4.74 Å². The predicted octanol–water partition coefficient (Wildman–Crippen LogP) is 2.70. The van der Waals surface area contributed by atoms with Crippen LogP contribution >= 0.6 is 11.3 Å². The van der Waals surface area contributed by atoms with Gasteiger partial charge in [0.25, 0.3) is 0 Å². The second-order valence-corrected chi connectivity index (χ2v) is 7.40. The van der Waals surface area contributed by atoms with E-state index in [1.54, 1.807) is 5.38 Å². The van der Waals surface area contributed by atoms with Crippen molar-refractivity contribution in [1.29, 1.82) is 0 Å². The Kier molecular flexibility index (Phi) is 5.91. The summed E-state index contributed by atoms with van der Waals surface area (Å²) in [6, 6.07) is 9.33. The van der Waals surface area contributed by atoms with Gasteiger partial charge in [0.05, 0.1) is 7.11 Å². The van der Waals surface area contributed by atoms with Gasteiger partial charge in [0.15, 0.2) is 0 Å². The highest BCUT2D eigenvalue weighted by molar-refractivity contribution is 7.15. The Bertz CT molecular complexity index is 845. The van der Waals surface area contributed by atoms with Crippen molar-refractivity contribution in [3.05, 3.63) is 41.3 Å². The topological polar surface area (TPSA) is 95.5 Å². The molecule has 0 unspecified atom stereocenters. The molecule has 27 heavy (non-hydrogen) atoms. The molecule has 1 aromatic carbocycles. The largest absolute Gasteiger partial charge is 0.550 e. The Labute approximate surface area is 161 Å². The number of carboxylic acids is 1. The molecule has 1 aromatic heterocycles. The first-order valence-electron chi connectivity index (χ1n) is 8.80. The number of methoxy groups -OCH3 is 1. The van der Waals surface area contributed by atoms with Crippen LogP contribution in [0, 0.1) is 11.8 Å². The number of hydrogen-bond acceptors (Lipinski definition) is 6. The average molecular weight is 386 g/mol. The van der Waals surface area contributed by atoms with Gasteiger partial charge in [-0.3, -0.25) is 4.79 Å². The molecule has 142 valence electrons. The molecule has 1 N–H and O–H groups in total. The number of carbonyl (C=O) groups excluding carboxylic acids is 3. The summed E-state index contributed by atoms with van der Waals surface area (Å²) < 4.78 is 4.90. The third-order valence-electron chi connectivity index (χ3n) is 4.91. The van der Waals surface area contributed by atoms with Crippen molar-refractivity contribution < 1.29 is 24.2 Å². The van der Waals surface area contributed by atoms with Crippen LogP contribution in [-0.4, -0.2) is 25.0 Å². The van der Waals surface area contributed by atoms with Crippen LogP contribution in [0.3, 0.4) is 0 Å². The predicted molar refractivity (Wildman–Crippen MR) is 100 cm³/mol. The minimum absolute atomic E-state index is 0.280. The van der Waals surface area contributed by atoms with E-state index < -0.39 is 29.7 Å². The van der Waals surface area contributed by atoms with Gasteiger partial charge in [-0.25, -0.2) is 4.79 Å². The number of carbonyl (C=O) groups is 3. The van der Waals surface area contributed by atoms with Gasteiger partial charge in [0.1, 0.15) is 10.6 Å². The number of carboxylic acid groups (broad SMARTS) is 1. The zero-order chi connectivity index (χ0) is 19.4. The number of hydrogen-bond donors (Lipinski definition) is 1. The van der Waals surface area contributed by atoms with E-state index in [9.17, 15) is 19.5 Å². The highest BCUT2D eigenvalue weighted by Crippen LogP contribution is 2.37. The van der Waals surface area contributed by atoms with Gasteiger partial charge in [0, 0.05) is 28.7 Å². The Morgan fingerprint density at radius 1 is 1.11 bits per heavy atom. The molecule has 0 bridgehead atoms. The molecule has 0 aliphatic heterocycles. The molecule has 1 fully saturated rings. The number of esters is 1. The van der Waals surface area contributed by atoms with Gasteiger partial charge >= 0.3 is 5.97 Å². The maximum atomic E-state index is 12.7. The molecule has 2 aromatic rings. The third-order valence-corrected chi connectivity index (χ3v) is 5.80. The Morgan fingerprint density at radius 3 is 2.41 bits per heavy atom. The van der Waals surface area contributed by atoms with Crippen molar-refractivity contribution in [2.45, 2.75) is 25.7 Å². The minimum Gasteiger partial charge on any atom is -0.550 e. The summed E-state index contributed by atoms with van der Waals surface area (Å²) in [5.74, 6) is -3.59. The molecule has 1 amide bonds. The van der Waals surface area contributed by atoms with Crippen LogP contribution < -0.4 is 10.4 Å². The van der Waals surface area contributed by atoms with Gasteiger partial charge in [-0.15, -0.1) is 11.3 Å². The van der Waals surface area contributed by atoms with Crippen LogP contribution in [0.25, 0.3) is 11.1 Å². The fraction of sp³-hybridized carbons (Fsp3) is 0.350. The Hall–Kier alpha value is -2.67. The smallest absolute Gasteiger partial charge is 0.341 e. The quantitative estimate of drug-likeness (QED) is 0.797. The second-order valence-electron chi connectivity index (χ2n) is 6.52. The number of nitrogens with one attached hydrogen (secondary N) is 1. The number of thiophene rings is 1. The lowest BCUT2D eigenvalue weighted by atomic mass is 9.79. The lowest BCUT2D eigenvalue weighted by molar-refractivity contribution is -0.313. The SMILES string of the molecule is COC(=O)c1c(-c2ccccc2)csc1NC(=O)[C@@H]1CCCC[C@@H]1C(=O)[O-]. The standard InChI is InChI=1S/C20H21NO5S/c1-26-20(25)16-15(12-7-3-2-4-8-12)11-27-18(16)21-17(22)13-9-5-6-10-14(13)19(23)24/h2-4,7-8,11,13-14H,5-6,9-10H2,1H3,(H,21,22)(H,23,24)/p-1/t13-,14+/m1/s1. The first-order chi connectivity index (χ1) is 13.0. The summed E-state index contributed by atoms with van der Waals surface area (Å²) in [5.41, 5.74) is 1.78. The van der Waals surface area contributed by atoms with Crippen LogP contribution in [0.2, 0.25) is 0 Å². The van der Waals surface area contributed by atoms with Crippen molar-refractivity contribution in [2.24, 2.45) is 11.8 Å². The summed E-state index contributed by atoms with van der Waals surface area (Å²) >= 11 is 1.22. The fourth-order valence-corrected chi connectivity index (χ4v) is 4.48. The number of aliphatic carboxylic acids is 1. The number of rotatable bonds is 5. The van der Waals surface area contributed by atoms with Crippen LogP contribution in [0.4, 0.5) is 5.00 Å². The molecule has 6 nitrogen and oxygen atoms in total. The molecule has 7 heteroatoms. The van der Waals surface area contributed by atoms with Crippen molar-refractivity contribution in [3.8, 4) is 11.1 Å². The first kappa shape index (κ1) is 19.1. The van der Waals surface area contributed by atoms with E-state index in [1.807, 2.05) is 30.3 Å². The molecule has 0 spiro atoms. The van der Waals surface area contributed by atoms with Crippen molar-refractivity contribution in [2.75, 3.05) is 12.4 Å². The molecule has 0 radical (unpaired) electrons. The molecule has 1 saturated carbocycles. The minimum atomic E-state index is -1.20. The van der Waals surface area contributed by atoms with Gasteiger partial charge in [-0.05, 0) is 18.4 Å². The van der Waals surface area contributed by atoms with Gasteiger partial charge < -0.3 is 20.0 Å². The molecule has 1 aliphatic rings. The van der Waals surface area contributed by atoms with Crippen molar-refractivity contribution >= 4 is 34.2 Å². The van der Waals surface area contributed by atoms with E-state index >= 15 is 0 Å². The zero-order valence-corrected chi connectivity index (χ0v) is 15.7. The number of ether oxygens (including phenoxy) is 1. The van der Waals surface area contributed by atoms with Gasteiger partial charge in [-0.1, -0.05) is 43.2 Å². The van der Waals surface area contributed by atoms with Crippen LogP contribution in [0.15, 0.2) is 35.7 Å². The molecule has 2 atom stereocenters. The van der Waals surface area contributed by atoms with E-state index in [2.05, 4.69) is 5.32 Å². The third kappa shape index (κ3) is 4.03. The highest BCUT2D eigenvalue weighted by atomic mass is 32.1. The lowest BCUT2D eigenvalue weighted by Crippen LogP contribution is -2.42. The van der Waals surface area contributed by atoms with E-state index in [0.717, 1.165) is 18.4 Å². The van der Waals surface area contributed by atoms with Crippen LogP contribution in [0.5, 0.6) is 0 Å². The van der Waals surface area contributed by atoms with Gasteiger partial charge in [-0.2, -0.15) is 0 Å². The van der Waals surface area contributed by atoms with Crippen molar-refractivity contribution in [1.82, 2.24) is 0 Å². The summed E-state index contributed by atoms with van der Waals surface area (Å²) in [7, 11) is 1.29. The van der Waals surface area contributed by atoms with E-state index in [0.29, 0.717) is 23.4 Å². The summed E-state index contributed by atoms with van der Waals surface area (Å²) in [6.45, 7) is 0. The number of anilines is 1.